The van der Waals surface area contributed by atoms with Gasteiger partial charge in [-0.3, -0.25) is 10.00 Å². The van der Waals surface area contributed by atoms with Gasteiger partial charge in [0.2, 0.25) is 0 Å². The average Bonchev–Trinajstić information content (AvgIpc) is 2.98. The first kappa shape index (κ1) is 11.4. The third kappa shape index (κ3) is 2.04. The molecule has 0 saturated carbocycles. The lowest BCUT2D eigenvalue weighted by Crippen LogP contribution is -2.18. The fraction of sp³-hybridized carbons (Fsp3) is 0.429. The fourth-order valence-corrected chi connectivity index (χ4v) is 2.61. The van der Waals surface area contributed by atoms with E-state index in [-0.39, 0.29) is 0 Å². The summed E-state index contributed by atoms with van der Waals surface area (Å²) in [6, 6.07) is 8.71. The minimum absolute atomic E-state index is 0.463. The molecule has 0 bridgehead atoms. The van der Waals surface area contributed by atoms with Crippen LogP contribution < -0.4 is 0 Å². The van der Waals surface area contributed by atoms with Gasteiger partial charge in [-0.1, -0.05) is 6.07 Å². The molecule has 1 unspecified atom stereocenters. The summed E-state index contributed by atoms with van der Waals surface area (Å²) in [5.74, 6) is 0. The number of hydrogen-bond acceptors (Lipinski definition) is 3. The molecule has 4 heteroatoms. The first-order valence-corrected chi connectivity index (χ1v) is 6.43. The predicted molar refractivity (Wildman–Crippen MR) is 71.2 cm³/mol. The van der Waals surface area contributed by atoms with Gasteiger partial charge in [0.05, 0.1) is 17.4 Å². The molecular formula is C14H18N4. The topological polar surface area (TPSA) is 44.8 Å². The Morgan fingerprint density at radius 1 is 1.33 bits per heavy atom. The van der Waals surface area contributed by atoms with Gasteiger partial charge in [-0.2, -0.15) is 5.10 Å². The van der Waals surface area contributed by atoms with Crippen molar-refractivity contribution in [3.8, 4) is 11.4 Å². The van der Waals surface area contributed by atoms with Crippen molar-refractivity contribution in [2.45, 2.75) is 25.8 Å². The molecular weight excluding hydrogens is 224 g/mol. The highest BCUT2D eigenvalue weighted by Crippen LogP contribution is 2.30. The maximum absolute atomic E-state index is 4.76. The van der Waals surface area contributed by atoms with Crippen LogP contribution in [0.25, 0.3) is 11.4 Å². The summed E-state index contributed by atoms with van der Waals surface area (Å²) in [6.07, 6.45) is 2.46. The van der Waals surface area contributed by atoms with E-state index in [1.165, 1.54) is 12.8 Å². The second kappa shape index (κ2) is 4.53. The molecule has 1 aliphatic heterocycles. The Morgan fingerprint density at radius 3 is 2.89 bits per heavy atom. The van der Waals surface area contributed by atoms with Crippen LogP contribution in [0.1, 0.15) is 30.3 Å². The van der Waals surface area contributed by atoms with Crippen LogP contribution in [-0.2, 0) is 0 Å². The summed E-state index contributed by atoms with van der Waals surface area (Å²) < 4.78 is 0. The molecule has 0 aromatic carbocycles. The number of aromatic amines is 1. The number of nitrogens with one attached hydrogen (secondary N) is 1. The maximum atomic E-state index is 4.76. The molecule has 1 saturated heterocycles. The number of likely N-dealkylation sites (tertiary alicyclic amines) is 1. The Kier molecular flexibility index (Phi) is 2.88. The highest BCUT2D eigenvalue weighted by molar-refractivity contribution is 5.54. The third-order valence-electron chi connectivity index (χ3n) is 3.60. The minimum Gasteiger partial charge on any atom is -0.298 e. The molecule has 3 rings (SSSR count). The van der Waals surface area contributed by atoms with Gasteiger partial charge >= 0.3 is 0 Å². The lowest BCUT2D eigenvalue weighted by Gasteiger charge is -2.18. The summed E-state index contributed by atoms with van der Waals surface area (Å²) in [5.41, 5.74) is 4.11. The van der Waals surface area contributed by atoms with Crippen molar-refractivity contribution >= 4 is 0 Å². The normalized spacial score (nSPS) is 20.4. The van der Waals surface area contributed by atoms with Crippen LogP contribution in [0.2, 0.25) is 0 Å². The van der Waals surface area contributed by atoms with Crippen molar-refractivity contribution in [1.82, 2.24) is 20.1 Å². The van der Waals surface area contributed by atoms with Crippen molar-refractivity contribution in [3.63, 3.8) is 0 Å². The number of H-pyrrole nitrogens is 1. The Morgan fingerprint density at radius 2 is 2.22 bits per heavy atom. The molecule has 0 spiro atoms. The quantitative estimate of drug-likeness (QED) is 0.880. The van der Waals surface area contributed by atoms with E-state index in [1.54, 1.807) is 0 Å². The summed E-state index contributed by atoms with van der Waals surface area (Å²) >= 11 is 0. The molecule has 2 aromatic rings. The maximum Gasteiger partial charge on any atom is 0.111 e. The SMILES string of the molecule is Cc1cc(-c2cccc(C3CCCN3C)n2)n[nH]1. The van der Waals surface area contributed by atoms with Gasteiger partial charge in [-0.25, -0.2) is 4.98 Å². The standard InChI is InChI=1S/C14H18N4/c1-10-9-13(17-16-10)11-5-3-6-12(15-11)14-7-4-8-18(14)2/h3,5-6,9,14H,4,7-8H2,1-2H3,(H,16,17). The van der Waals surface area contributed by atoms with Crippen molar-refractivity contribution in [2.24, 2.45) is 0 Å². The zero-order valence-corrected chi connectivity index (χ0v) is 10.8. The van der Waals surface area contributed by atoms with E-state index in [2.05, 4.69) is 34.3 Å². The van der Waals surface area contributed by atoms with E-state index in [4.69, 9.17) is 4.98 Å². The number of pyridine rings is 1. The van der Waals surface area contributed by atoms with Crippen molar-refractivity contribution in [3.05, 3.63) is 35.7 Å². The second-order valence-corrected chi connectivity index (χ2v) is 5.02. The number of nitrogens with zero attached hydrogens (tertiary/aromatic N) is 3. The summed E-state index contributed by atoms with van der Waals surface area (Å²) in [6.45, 7) is 3.17. The summed E-state index contributed by atoms with van der Waals surface area (Å²) in [7, 11) is 2.17. The van der Waals surface area contributed by atoms with Crippen LogP contribution in [0.4, 0.5) is 0 Å². The molecule has 94 valence electrons. The zero-order chi connectivity index (χ0) is 12.5. The molecule has 1 aliphatic rings. The molecule has 1 atom stereocenters. The van der Waals surface area contributed by atoms with E-state index < -0.39 is 0 Å². The highest BCUT2D eigenvalue weighted by Gasteiger charge is 2.23. The van der Waals surface area contributed by atoms with Gasteiger partial charge in [0.15, 0.2) is 0 Å². The Labute approximate surface area is 107 Å². The van der Waals surface area contributed by atoms with Crippen LogP contribution in [0.15, 0.2) is 24.3 Å². The van der Waals surface area contributed by atoms with Gasteiger partial charge in [-0.15, -0.1) is 0 Å². The van der Waals surface area contributed by atoms with Gasteiger partial charge in [-0.05, 0) is 51.6 Å². The Bertz CT molecular complexity index is 546. The molecule has 0 aliphatic carbocycles. The van der Waals surface area contributed by atoms with Crippen LogP contribution in [0, 0.1) is 6.92 Å². The van der Waals surface area contributed by atoms with Crippen LogP contribution in [0.3, 0.4) is 0 Å². The Hall–Kier alpha value is -1.68. The molecule has 1 fully saturated rings. The average molecular weight is 242 g/mol. The van der Waals surface area contributed by atoms with Crippen molar-refractivity contribution in [2.75, 3.05) is 13.6 Å². The summed E-state index contributed by atoms with van der Waals surface area (Å²) in [4.78, 5) is 7.14. The van der Waals surface area contributed by atoms with Crippen molar-refractivity contribution < 1.29 is 0 Å². The zero-order valence-electron chi connectivity index (χ0n) is 10.8. The largest absolute Gasteiger partial charge is 0.298 e. The fourth-order valence-electron chi connectivity index (χ4n) is 2.61. The van der Waals surface area contributed by atoms with E-state index in [0.29, 0.717) is 6.04 Å². The number of aromatic nitrogens is 3. The predicted octanol–water partition coefficient (Wildman–Crippen LogP) is 2.55. The molecule has 18 heavy (non-hydrogen) atoms. The molecule has 0 amide bonds. The summed E-state index contributed by atoms with van der Waals surface area (Å²) in [5, 5.41) is 7.24. The van der Waals surface area contributed by atoms with Gasteiger partial charge in [0, 0.05) is 5.69 Å². The molecule has 0 radical (unpaired) electrons. The van der Waals surface area contributed by atoms with Crippen LogP contribution in [-0.4, -0.2) is 33.7 Å². The highest BCUT2D eigenvalue weighted by atomic mass is 15.2. The molecule has 2 aromatic heterocycles. The van der Waals surface area contributed by atoms with Gasteiger partial charge in [0.25, 0.3) is 0 Å². The first-order chi connectivity index (χ1) is 8.74. The monoisotopic (exact) mass is 242 g/mol. The molecule has 4 nitrogen and oxygen atoms in total. The van der Waals surface area contributed by atoms with Crippen LogP contribution in [0.5, 0.6) is 0 Å². The molecule has 1 N–H and O–H groups in total. The van der Waals surface area contributed by atoms with E-state index in [0.717, 1.165) is 29.3 Å². The second-order valence-electron chi connectivity index (χ2n) is 5.02. The van der Waals surface area contributed by atoms with E-state index in [9.17, 15) is 0 Å². The third-order valence-corrected chi connectivity index (χ3v) is 3.60. The smallest absolute Gasteiger partial charge is 0.111 e. The number of aryl methyl sites for hydroxylation is 1. The Balaban J connectivity index is 1.94. The van der Waals surface area contributed by atoms with Gasteiger partial charge < -0.3 is 0 Å². The van der Waals surface area contributed by atoms with Crippen molar-refractivity contribution in [1.29, 1.82) is 0 Å². The lowest BCUT2D eigenvalue weighted by molar-refractivity contribution is 0.312. The van der Waals surface area contributed by atoms with E-state index in [1.807, 2.05) is 19.1 Å². The van der Waals surface area contributed by atoms with E-state index >= 15 is 0 Å². The minimum atomic E-state index is 0.463. The molecule has 3 heterocycles. The first-order valence-electron chi connectivity index (χ1n) is 6.43. The number of rotatable bonds is 2. The number of hydrogen-bond donors (Lipinski definition) is 1. The lowest BCUT2D eigenvalue weighted by atomic mass is 10.1. The van der Waals surface area contributed by atoms with Crippen LogP contribution >= 0.6 is 0 Å². The van der Waals surface area contributed by atoms with Gasteiger partial charge in [0.1, 0.15) is 5.69 Å².